The van der Waals surface area contributed by atoms with Gasteiger partial charge in [-0.25, -0.2) is 9.37 Å². The lowest BCUT2D eigenvalue weighted by Gasteiger charge is -2.07. The van der Waals surface area contributed by atoms with Crippen molar-refractivity contribution in [1.82, 2.24) is 9.38 Å². The van der Waals surface area contributed by atoms with Crippen LogP contribution in [0.5, 0.6) is 5.75 Å². The van der Waals surface area contributed by atoms with Gasteiger partial charge in [0.2, 0.25) is 0 Å². The Kier molecular flexibility index (Phi) is 4.30. The van der Waals surface area contributed by atoms with Crippen molar-refractivity contribution in [2.45, 2.75) is 0 Å². The molecular formula is C21H16FN3O2. The Morgan fingerprint density at radius 1 is 1.07 bits per heavy atom. The molecule has 0 spiro atoms. The highest BCUT2D eigenvalue weighted by molar-refractivity contribution is 6.04. The number of methoxy groups -OCH3 is 1. The van der Waals surface area contributed by atoms with Crippen LogP contribution in [0, 0.1) is 5.82 Å². The Labute approximate surface area is 155 Å². The van der Waals surface area contributed by atoms with Crippen LogP contribution in [-0.2, 0) is 0 Å². The molecule has 0 aliphatic carbocycles. The minimum atomic E-state index is -0.287. The van der Waals surface area contributed by atoms with Crippen LogP contribution >= 0.6 is 0 Å². The third-order valence-corrected chi connectivity index (χ3v) is 4.18. The van der Waals surface area contributed by atoms with E-state index in [2.05, 4.69) is 10.3 Å². The molecule has 134 valence electrons. The molecule has 1 amide bonds. The number of rotatable bonds is 4. The zero-order chi connectivity index (χ0) is 18.8. The van der Waals surface area contributed by atoms with Gasteiger partial charge in [-0.05, 0) is 54.6 Å². The quantitative estimate of drug-likeness (QED) is 0.586. The summed E-state index contributed by atoms with van der Waals surface area (Å²) in [5, 5.41) is 2.87. The number of halogens is 1. The van der Waals surface area contributed by atoms with Crippen molar-refractivity contribution in [3.8, 4) is 17.0 Å². The van der Waals surface area contributed by atoms with Gasteiger partial charge in [0.25, 0.3) is 5.91 Å². The van der Waals surface area contributed by atoms with Crippen LogP contribution in [0.4, 0.5) is 10.1 Å². The summed E-state index contributed by atoms with van der Waals surface area (Å²) in [4.78, 5) is 17.0. The Morgan fingerprint density at radius 3 is 2.67 bits per heavy atom. The standard InChI is InChI=1S/C21H16FN3O2/c1-27-18-4-2-3-15(11-18)21(26)23-17-9-10-20-24-19(13-25(20)12-17)14-5-7-16(22)8-6-14/h2-13H,1H3,(H,23,26). The van der Waals surface area contributed by atoms with Gasteiger partial charge in [-0.2, -0.15) is 0 Å². The lowest BCUT2D eigenvalue weighted by atomic mass is 10.2. The van der Waals surface area contributed by atoms with Crippen LogP contribution in [0.1, 0.15) is 10.4 Å². The van der Waals surface area contributed by atoms with Crippen molar-refractivity contribution in [1.29, 1.82) is 0 Å². The number of carbonyl (C=O) groups is 1. The number of carbonyl (C=O) groups excluding carboxylic acids is 1. The molecule has 0 saturated carbocycles. The number of hydrogen-bond donors (Lipinski definition) is 1. The summed E-state index contributed by atoms with van der Waals surface area (Å²) < 4.78 is 20.1. The topological polar surface area (TPSA) is 55.6 Å². The molecule has 0 unspecified atom stereocenters. The molecule has 0 atom stereocenters. The SMILES string of the molecule is COc1cccc(C(=O)Nc2ccc3nc(-c4ccc(F)cc4)cn3c2)c1. The van der Waals surface area contributed by atoms with Crippen molar-refractivity contribution in [3.05, 3.63) is 84.4 Å². The summed E-state index contributed by atoms with van der Waals surface area (Å²) in [7, 11) is 1.56. The minimum Gasteiger partial charge on any atom is -0.497 e. The van der Waals surface area contributed by atoms with Gasteiger partial charge in [0.1, 0.15) is 17.2 Å². The van der Waals surface area contributed by atoms with E-state index in [1.54, 1.807) is 55.8 Å². The van der Waals surface area contributed by atoms with Crippen molar-refractivity contribution >= 4 is 17.2 Å². The fraction of sp³-hybridized carbons (Fsp3) is 0.0476. The summed E-state index contributed by atoms with van der Waals surface area (Å²) in [6.45, 7) is 0. The third-order valence-electron chi connectivity index (χ3n) is 4.18. The van der Waals surface area contributed by atoms with E-state index in [-0.39, 0.29) is 11.7 Å². The van der Waals surface area contributed by atoms with E-state index < -0.39 is 0 Å². The number of fused-ring (bicyclic) bond motifs is 1. The van der Waals surface area contributed by atoms with Gasteiger partial charge in [-0.15, -0.1) is 0 Å². The molecule has 0 bridgehead atoms. The predicted octanol–water partition coefficient (Wildman–Crippen LogP) is 4.40. The maximum absolute atomic E-state index is 13.1. The average molecular weight is 361 g/mol. The number of anilines is 1. The molecule has 2 aromatic heterocycles. The highest BCUT2D eigenvalue weighted by Crippen LogP contribution is 2.21. The molecule has 1 N–H and O–H groups in total. The summed E-state index contributed by atoms with van der Waals surface area (Å²) in [6, 6.07) is 16.7. The summed E-state index contributed by atoms with van der Waals surface area (Å²) >= 11 is 0. The predicted molar refractivity (Wildman–Crippen MR) is 102 cm³/mol. The number of nitrogens with one attached hydrogen (secondary N) is 1. The second kappa shape index (κ2) is 6.92. The van der Waals surface area contributed by atoms with Gasteiger partial charge >= 0.3 is 0 Å². The molecule has 5 nitrogen and oxygen atoms in total. The van der Waals surface area contributed by atoms with Crippen LogP contribution in [0.2, 0.25) is 0 Å². The highest BCUT2D eigenvalue weighted by Gasteiger charge is 2.09. The molecule has 2 heterocycles. The number of aromatic nitrogens is 2. The molecule has 0 saturated heterocycles. The van der Waals surface area contributed by atoms with Crippen molar-refractivity contribution < 1.29 is 13.9 Å². The van der Waals surface area contributed by atoms with Crippen molar-refractivity contribution in [3.63, 3.8) is 0 Å². The molecule has 27 heavy (non-hydrogen) atoms. The lowest BCUT2D eigenvalue weighted by molar-refractivity contribution is 0.102. The van der Waals surface area contributed by atoms with Gasteiger partial charge < -0.3 is 14.5 Å². The number of pyridine rings is 1. The maximum atomic E-state index is 13.1. The normalized spacial score (nSPS) is 10.7. The minimum absolute atomic E-state index is 0.230. The lowest BCUT2D eigenvalue weighted by Crippen LogP contribution is -2.12. The number of imidazole rings is 1. The first kappa shape index (κ1) is 16.8. The molecule has 4 rings (SSSR count). The van der Waals surface area contributed by atoms with Crippen LogP contribution < -0.4 is 10.1 Å². The second-order valence-electron chi connectivity index (χ2n) is 6.00. The Morgan fingerprint density at radius 2 is 1.89 bits per heavy atom. The molecular weight excluding hydrogens is 345 g/mol. The Balaban J connectivity index is 1.59. The van der Waals surface area contributed by atoms with Crippen molar-refractivity contribution in [2.24, 2.45) is 0 Å². The second-order valence-corrected chi connectivity index (χ2v) is 6.00. The van der Waals surface area contributed by atoms with Gasteiger partial charge in [-0.1, -0.05) is 6.07 Å². The molecule has 6 heteroatoms. The molecule has 0 radical (unpaired) electrons. The first-order valence-corrected chi connectivity index (χ1v) is 8.32. The largest absolute Gasteiger partial charge is 0.497 e. The van der Waals surface area contributed by atoms with E-state index in [1.807, 2.05) is 16.7 Å². The van der Waals surface area contributed by atoms with Crippen LogP contribution in [0.15, 0.2) is 73.1 Å². The van der Waals surface area contributed by atoms with Gasteiger partial charge in [0.15, 0.2) is 0 Å². The first-order chi connectivity index (χ1) is 13.1. The fourth-order valence-electron chi connectivity index (χ4n) is 2.79. The van der Waals surface area contributed by atoms with E-state index in [4.69, 9.17) is 4.74 Å². The maximum Gasteiger partial charge on any atom is 0.255 e. The van der Waals surface area contributed by atoms with Crippen LogP contribution in [0.3, 0.4) is 0 Å². The van der Waals surface area contributed by atoms with Gasteiger partial charge in [0, 0.05) is 23.5 Å². The monoisotopic (exact) mass is 361 g/mol. The Hall–Kier alpha value is -3.67. The molecule has 2 aromatic carbocycles. The summed E-state index contributed by atoms with van der Waals surface area (Å²) in [5.41, 5.74) is 3.42. The molecule has 0 aliphatic rings. The third kappa shape index (κ3) is 3.50. The average Bonchev–Trinajstić information content (AvgIpc) is 3.12. The summed E-state index contributed by atoms with van der Waals surface area (Å²) in [6.07, 6.45) is 3.62. The fourth-order valence-corrected chi connectivity index (χ4v) is 2.79. The first-order valence-electron chi connectivity index (χ1n) is 8.32. The van der Waals surface area contributed by atoms with E-state index in [0.717, 1.165) is 16.9 Å². The zero-order valence-corrected chi connectivity index (χ0v) is 14.5. The van der Waals surface area contributed by atoms with Crippen LogP contribution in [0.25, 0.3) is 16.9 Å². The van der Waals surface area contributed by atoms with Gasteiger partial charge in [0.05, 0.1) is 18.5 Å². The van der Waals surface area contributed by atoms with E-state index >= 15 is 0 Å². The zero-order valence-electron chi connectivity index (χ0n) is 14.5. The number of benzene rings is 2. The summed E-state index contributed by atoms with van der Waals surface area (Å²) in [5.74, 6) is 0.105. The molecule has 4 aromatic rings. The smallest absolute Gasteiger partial charge is 0.255 e. The Bertz CT molecular complexity index is 1120. The number of amides is 1. The molecule has 0 aliphatic heterocycles. The number of nitrogens with zero attached hydrogens (tertiary/aromatic N) is 2. The number of ether oxygens (including phenoxy) is 1. The van der Waals surface area contributed by atoms with E-state index in [1.165, 1.54) is 12.1 Å². The highest BCUT2D eigenvalue weighted by atomic mass is 19.1. The number of hydrogen-bond acceptors (Lipinski definition) is 3. The molecule has 0 fully saturated rings. The van der Waals surface area contributed by atoms with Gasteiger partial charge in [-0.3, -0.25) is 4.79 Å². The van der Waals surface area contributed by atoms with Crippen molar-refractivity contribution in [2.75, 3.05) is 12.4 Å². The van der Waals surface area contributed by atoms with Crippen LogP contribution in [-0.4, -0.2) is 22.4 Å². The van der Waals surface area contributed by atoms with E-state index in [0.29, 0.717) is 17.0 Å². The van der Waals surface area contributed by atoms with E-state index in [9.17, 15) is 9.18 Å².